The van der Waals surface area contributed by atoms with Crippen molar-refractivity contribution >= 4 is 16.9 Å². The van der Waals surface area contributed by atoms with Crippen LogP contribution in [0.4, 0.5) is 0 Å². The number of aromatic amines is 1. The van der Waals surface area contributed by atoms with E-state index in [1.165, 1.54) is 0 Å². The summed E-state index contributed by atoms with van der Waals surface area (Å²) in [6.45, 7) is 5.72. The van der Waals surface area contributed by atoms with Gasteiger partial charge in [0.25, 0.3) is 5.56 Å². The molecular formula is C17H25N5O2. The van der Waals surface area contributed by atoms with Crippen LogP contribution in [-0.2, 0) is 18.3 Å². The van der Waals surface area contributed by atoms with Gasteiger partial charge in [0.1, 0.15) is 0 Å². The first-order valence-corrected chi connectivity index (χ1v) is 8.41. The highest BCUT2D eigenvalue weighted by atomic mass is 16.2. The van der Waals surface area contributed by atoms with Crippen LogP contribution in [0, 0.1) is 13.8 Å². The molecule has 3 heterocycles. The molecule has 1 amide bonds. The summed E-state index contributed by atoms with van der Waals surface area (Å²) < 4.78 is 1.65. The number of H-pyrrole nitrogens is 1. The van der Waals surface area contributed by atoms with Gasteiger partial charge < -0.3 is 10.2 Å². The second-order valence-electron chi connectivity index (χ2n) is 6.65. The highest BCUT2D eigenvalue weighted by molar-refractivity contribution is 5.81. The van der Waals surface area contributed by atoms with Crippen molar-refractivity contribution < 1.29 is 4.79 Å². The van der Waals surface area contributed by atoms with E-state index in [0.717, 1.165) is 36.3 Å². The van der Waals surface area contributed by atoms with E-state index in [1.54, 1.807) is 11.7 Å². The fourth-order valence-corrected chi connectivity index (χ4v) is 3.60. The van der Waals surface area contributed by atoms with E-state index in [4.69, 9.17) is 0 Å². The lowest BCUT2D eigenvalue weighted by Crippen LogP contribution is -2.38. The second-order valence-corrected chi connectivity index (χ2v) is 6.65. The van der Waals surface area contributed by atoms with Gasteiger partial charge >= 0.3 is 0 Å². The predicted octanol–water partition coefficient (Wildman–Crippen LogP) is 0.631. The van der Waals surface area contributed by atoms with Crippen molar-refractivity contribution in [1.29, 1.82) is 0 Å². The number of nitrogens with zero attached hydrogens (tertiary/aromatic N) is 3. The number of aryl methyl sites for hydroxylation is 3. The van der Waals surface area contributed by atoms with Crippen molar-refractivity contribution in [2.75, 3.05) is 20.1 Å². The Hall–Kier alpha value is -2.15. The van der Waals surface area contributed by atoms with Crippen molar-refractivity contribution in [3.05, 3.63) is 27.2 Å². The lowest BCUT2D eigenvalue weighted by atomic mass is 10.00. The molecule has 0 unspecified atom stereocenters. The van der Waals surface area contributed by atoms with E-state index in [2.05, 4.69) is 15.4 Å². The Morgan fingerprint density at radius 3 is 2.83 bits per heavy atom. The molecule has 2 aromatic rings. The number of likely N-dealkylation sites (N-methyl/N-ethyl adjacent to an activating group) is 1. The fourth-order valence-electron chi connectivity index (χ4n) is 3.60. The normalized spacial score (nSPS) is 17.6. The van der Waals surface area contributed by atoms with E-state index >= 15 is 0 Å². The van der Waals surface area contributed by atoms with Crippen LogP contribution in [0.5, 0.6) is 0 Å². The van der Waals surface area contributed by atoms with Gasteiger partial charge in [-0.15, -0.1) is 0 Å². The van der Waals surface area contributed by atoms with Gasteiger partial charge in [-0.3, -0.25) is 19.4 Å². The lowest BCUT2D eigenvalue weighted by molar-refractivity contribution is -0.131. The third kappa shape index (κ3) is 2.84. The summed E-state index contributed by atoms with van der Waals surface area (Å²) in [5.74, 6) is 0.143. The number of aromatic nitrogens is 3. The molecule has 130 valence electrons. The number of hydrogen-bond donors (Lipinski definition) is 2. The van der Waals surface area contributed by atoms with Crippen LogP contribution in [0.15, 0.2) is 4.79 Å². The number of carbonyl (C=O) groups is 1. The topological polar surface area (TPSA) is 83.0 Å². The molecule has 0 aliphatic carbocycles. The Labute approximate surface area is 141 Å². The molecule has 1 atom stereocenters. The molecule has 0 bridgehead atoms. The number of amides is 1. The minimum atomic E-state index is -0.126. The zero-order valence-electron chi connectivity index (χ0n) is 14.8. The first-order chi connectivity index (χ1) is 11.4. The summed E-state index contributed by atoms with van der Waals surface area (Å²) >= 11 is 0. The lowest BCUT2D eigenvalue weighted by Gasteiger charge is -2.24. The Morgan fingerprint density at radius 1 is 1.42 bits per heavy atom. The molecule has 1 aliphatic heterocycles. The summed E-state index contributed by atoms with van der Waals surface area (Å²) in [6.07, 6.45) is 2.05. The van der Waals surface area contributed by atoms with Gasteiger partial charge in [-0.05, 0) is 44.4 Å². The van der Waals surface area contributed by atoms with Gasteiger partial charge in [0.15, 0.2) is 5.65 Å². The summed E-state index contributed by atoms with van der Waals surface area (Å²) in [6, 6.07) is 0.289. The minimum Gasteiger partial charge on any atom is -0.341 e. The van der Waals surface area contributed by atoms with E-state index in [-0.39, 0.29) is 17.5 Å². The zero-order valence-corrected chi connectivity index (χ0v) is 14.8. The Balaban J connectivity index is 1.81. The monoisotopic (exact) mass is 331 g/mol. The van der Waals surface area contributed by atoms with Gasteiger partial charge in [-0.25, -0.2) is 4.98 Å². The highest BCUT2D eigenvalue weighted by Gasteiger charge is 2.23. The van der Waals surface area contributed by atoms with E-state index in [1.807, 2.05) is 25.8 Å². The Bertz CT molecular complexity index is 830. The maximum Gasteiger partial charge on any atom is 0.273 e. The number of nitrogens with one attached hydrogen (secondary N) is 2. The van der Waals surface area contributed by atoms with Crippen molar-refractivity contribution in [2.45, 2.75) is 39.2 Å². The molecule has 0 aromatic carbocycles. The zero-order chi connectivity index (χ0) is 17.4. The van der Waals surface area contributed by atoms with Crippen molar-refractivity contribution in [1.82, 2.24) is 25.0 Å². The third-order valence-corrected chi connectivity index (χ3v) is 5.14. The van der Waals surface area contributed by atoms with Crippen LogP contribution in [0.3, 0.4) is 0 Å². The molecule has 2 N–H and O–H groups in total. The third-order valence-electron chi connectivity index (χ3n) is 5.14. The Morgan fingerprint density at radius 2 is 2.17 bits per heavy atom. The standard InChI is InChI=1S/C17H25N5O2/c1-10-13(5-6-14(23)21(3)12-7-8-18-9-12)11(2)19-16-15(10)17(24)20-22(16)4/h12,18H,5-9H2,1-4H3,(H,20,24)/t12-/m1/s1. The summed E-state index contributed by atoms with van der Waals surface area (Å²) in [5, 5.41) is 6.66. The molecule has 0 spiro atoms. The first-order valence-electron chi connectivity index (χ1n) is 8.41. The number of pyridine rings is 1. The highest BCUT2D eigenvalue weighted by Crippen LogP contribution is 2.21. The molecule has 7 nitrogen and oxygen atoms in total. The summed E-state index contributed by atoms with van der Waals surface area (Å²) in [4.78, 5) is 31.0. The van der Waals surface area contributed by atoms with Crippen molar-refractivity contribution in [3.8, 4) is 0 Å². The van der Waals surface area contributed by atoms with Gasteiger partial charge in [0.2, 0.25) is 5.91 Å². The number of rotatable bonds is 4. The first kappa shape index (κ1) is 16.7. The van der Waals surface area contributed by atoms with Gasteiger partial charge in [0.05, 0.1) is 5.39 Å². The fraction of sp³-hybridized carbons (Fsp3) is 0.588. The largest absolute Gasteiger partial charge is 0.341 e. The molecule has 3 rings (SSSR count). The molecule has 0 radical (unpaired) electrons. The van der Waals surface area contributed by atoms with E-state index in [9.17, 15) is 9.59 Å². The van der Waals surface area contributed by atoms with Gasteiger partial charge in [-0.2, -0.15) is 0 Å². The summed E-state index contributed by atoms with van der Waals surface area (Å²) in [7, 11) is 3.66. The number of carbonyl (C=O) groups excluding carboxylic acids is 1. The maximum absolute atomic E-state index is 12.5. The second kappa shape index (κ2) is 6.39. The van der Waals surface area contributed by atoms with Gasteiger partial charge in [-0.1, -0.05) is 0 Å². The average Bonchev–Trinajstić information content (AvgIpc) is 3.15. The van der Waals surface area contributed by atoms with Crippen LogP contribution in [-0.4, -0.2) is 51.8 Å². The van der Waals surface area contributed by atoms with Crippen LogP contribution in [0.2, 0.25) is 0 Å². The number of hydrogen-bond acceptors (Lipinski definition) is 4. The Kier molecular flexibility index (Phi) is 4.45. The van der Waals surface area contributed by atoms with Crippen LogP contribution < -0.4 is 10.9 Å². The maximum atomic E-state index is 12.5. The average molecular weight is 331 g/mol. The van der Waals surface area contributed by atoms with Crippen molar-refractivity contribution in [2.24, 2.45) is 7.05 Å². The van der Waals surface area contributed by atoms with E-state index < -0.39 is 0 Å². The molecular weight excluding hydrogens is 306 g/mol. The molecule has 0 saturated carbocycles. The quantitative estimate of drug-likeness (QED) is 0.861. The molecule has 24 heavy (non-hydrogen) atoms. The van der Waals surface area contributed by atoms with Crippen LogP contribution in [0.1, 0.15) is 29.7 Å². The minimum absolute atomic E-state index is 0.126. The molecule has 1 saturated heterocycles. The molecule has 2 aromatic heterocycles. The predicted molar refractivity (Wildman–Crippen MR) is 93.2 cm³/mol. The smallest absolute Gasteiger partial charge is 0.273 e. The molecule has 7 heteroatoms. The van der Waals surface area contributed by atoms with Crippen LogP contribution in [0.25, 0.3) is 11.0 Å². The van der Waals surface area contributed by atoms with Crippen molar-refractivity contribution in [3.63, 3.8) is 0 Å². The van der Waals surface area contributed by atoms with E-state index in [0.29, 0.717) is 23.9 Å². The van der Waals surface area contributed by atoms with Crippen LogP contribution >= 0.6 is 0 Å². The summed E-state index contributed by atoms with van der Waals surface area (Å²) in [5.41, 5.74) is 3.36. The SMILES string of the molecule is Cc1nc2c(c(C)c1CCC(=O)N(C)[C@@H]1CCNC1)c(=O)[nH]n2C. The van der Waals surface area contributed by atoms with Gasteiger partial charge in [0, 0.05) is 38.8 Å². The molecule has 1 aliphatic rings. The number of fused-ring (bicyclic) bond motifs is 1. The molecule has 1 fully saturated rings.